The average molecular weight is 393 g/mol. The molecule has 0 aliphatic heterocycles. The minimum absolute atomic E-state index is 0.329. The van der Waals surface area contributed by atoms with Crippen molar-refractivity contribution in [3.8, 4) is 11.5 Å². The first-order chi connectivity index (χ1) is 13.5. The molecule has 3 aromatic rings. The van der Waals surface area contributed by atoms with E-state index in [9.17, 15) is 9.59 Å². The number of nitrogens with one attached hydrogen (secondary N) is 2. The molecule has 0 aliphatic carbocycles. The highest BCUT2D eigenvalue weighted by molar-refractivity contribution is 7.14. The molecule has 1 aromatic heterocycles. The molecule has 1 heterocycles. The molecule has 7 heteroatoms. The van der Waals surface area contributed by atoms with Crippen LogP contribution in [0.1, 0.15) is 34.6 Å². The van der Waals surface area contributed by atoms with Gasteiger partial charge in [-0.25, -0.2) is 5.43 Å². The third-order valence-electron chi connectivity index (χ3n) is 3.59. The summed E-state index contributed by atoms with van der Waals surface area (Å²) in [5.41, 5.74) is 3.97. The second-order valence-corrected chi connectivity index (χ2v) is 6.98. The van der Waals surface area contributed by atoms with E-state index < -0.39 is 0 Å². The van der Waals surface area contributed by atoms with Gasteiger partial charge < -0.3 is 10.1 Å². The van der Waals surface area contributed by atoms with E-state index in [1.54, 1.807) is 49.6 Å². The SMILES string of the molecule is CC(C)=NNC(=O)c1ccsc1NC(=O)c1cccc(Oc2ccccc2)c1. The number of hydrazone groups is 1. The Morgan fingerprint density at radius 1 is 0.929 bits per heavy atom. The highest BCUT2D eigenvalue weighted by Crippen LogP contribution is 2.25. The van der Waals surface area contributed by atoms with Crippen molar-refractivity contribution in [2.24, 2.45) is 5.10 Å². The van der Waals surface area contributed by atoms with Crippen molar-refractivity contribution < 1.29 is 14.3 Å². The van der Waals surface area contributed by atoms with Crippen molar-refractivity contribution >= 4 is 33.9 Å². The largest absolute Gasteiger partial charge is 0.457 e. The van der Waals surface area contributed by atoms with E-state index in [-0.39, 0.29) is 11.8 Å². The summed E-state index contributed by atoms with van der Waals surface area (Å²) in [5, 5.41) is 8.88. The summed E-state index contributed by atoms with van der Waals surface area (Å²) in [4.78, 5) is 24.9. The summed E-state index contributed by atoms with van der Waals surface area (Å²) in [7, 11) is 0. The van der Waals surface area contributed by atoms with Gasteiger partial charge >= 0.3 is 0 Å². The summed E-state index contributed by atoms with van der Waals surface area (Å²) >= 11 is 1.27. The normalized spacial score (nSPS) is 10.1. The van der Waals surface area contributed by atoms with Gasteiger partial charge in [0.1, 0.15) is 16.5 Å². The summed E-state index contributed by atoms with van der Waals surface area (Å²) in [6.07, 6.45) is 0. The number of carbonyl (C=O) groups is 2. The Bertz CT molecular complexity index is 1010. The molecule has 0 unspecified atom stereocenters. The maximum absolute atomic E-state index is 12.6. The Hall–Kier alpha value is -3.45. The molecule has 0 saturated heterocycles. The van der Waals surface area contributed by atoms with Gasteiger partial charge in [0.15, 0.2) is 0 Å². The molecule has 2 N–H and O–H groups in total. The number of ether oxygens (including phenoxy) is 1. The summed E-state index contributed by atoms with van der Waals surface area (Å²) < 4.78 is 5.76. The lowest BCUT2D eigenvalue weighted by molar-refractivity contribution is 0.0956. The van der Waals surface area contributed by atoms with Crippen molar-refractivity contribution in [2.45, 2.75) is 13.8 Å². The standard InChI is InChI=1S/C21H19N3O3S/c1-14(2)23-24-20(26)18-11-12-28-21(18)22-19(25)15-7-6-10-17(13-15)27-16-8-4-3-5-9-16/h3-13H,1-2H3,(H,22,25)(H,24,26). The minimum atomic E-state index is -0.376. The molecule has 0 atom stereocenters. The number of benzene rings is 2. The van der Waals surface area contributed by atoms with E-state index in [4.69, 9.17) is 4.74 Å². The van der Waals surface area contributed by atoms with Crippen LogP contribution < -0.4 is 15.5 Å². The van der Waals surface area contributed by atoms with Gasteiger partial charge in [0, 0.05) is 11.3 Å². The molecule has 0 radical (unpaired) electrons. The van der Waals surface area contributed by atoms with E-state index in [0.717, 1.165) is 5.71 Å². The van der Waals surface area contributed by atoms with E-state index in [0.29, 0.717) is 27.6 Å². The number of thiophene rings is 1. The molecular formula is C21H19N3O3S. The molecule has 0 aliphatic rings. The monoisotopic (exact) mass is 393 g/mol. The van der Waals surface area contributed by atoms with Crippen LogP contribution in [0.2, 0.25) is 0 Å². The molecule has 2 aromatic carbocycles. The first-order valence-electron chi connectivity index (χ1n) is 8.56. The Labute approximate surface area is 166 Å². The molecule has 0 bridgehead atoms. The van der Waals surface area contributed by atoms with Crippen LogP contribution in [0.25, 0.3) is 0 Å². The minimum Gasteiger partial charge on any atom is -0.457 e. The zero-order valence-electron chi connectivity index (χ0n) is 15.4. The van der Waals surface area contributed by atoms with E-state index in [1.807, 2.05) is 30.3 Å². The van der Waals surface area contributed by atoms with Gasteiger partial charge in [-0.15, -0.1) is 11.3 Å². The van der Waals surface area contributed by atoms with Crippen molar-refractivity contribution in [3.05, 3.63) is 77.2 Å². The summed E-state index contributed by atoms with van der Waals surface area (Å²) in [6, 6.07) is 17.8. The average Bonchev–Trinajstić information content (AvgIpc) is 3.15. The topological polar surface area (TPSA) is 79.8 Å². The van der Waals surface area contributed by atoms with Gasteiger partial charge in [-0.3, -0.25) is 9.59 Å². The number of rotatable bonds is 6. The predicted octanol–water partition coefficient (Wildman–Crippen LogP) is 4.92. The highest BCUT2D eigenvalue weighted by atomic mass is 32.1. The van der Waals surface area contributed by atoms with Crippen LogP contribution in [-0.2, 0) is 0 Å². The molecule has 2 amide bonds. The van der Waals surface area contributed by atoms with Crippen LogP contribution in [0, 0.1) is 0 Å². The van der Waals surface area contributed by atoms with Gasteiger partial charge in [-0.05, 0) is 55.6 Å². The molecule has 3 rings (SSSR count). The first kappa shape index (κ1) is 19.3. The van der Waals surface area contributed by atoms with Crippen molar-refractivity contribution in [3.63, 3.8) is 0 Å². The zero-order chi connectivity index (χ0) is 19.9. The molecule has 6 nitrogen and oxygen atoms in total. The highest BCUT2D eigenvalue weighted by Gasteiger charge is 2.16. The lowest BCUT2D eigenvalue weighted by atomic mass is 10.2. The number of hydrogen-bond acceptors (Lipinski definition) is 5. The van der Waals surface area contributed by atoms with E-state index in [2.05, 4.69) is 15.8 Å². The van der Waals surface area contributed by atoms with Crippen LogP contribution in [0.4, 0.5) is 5.00 Å². The molecule has 0 fully saturated rings. The summed E-state index contributed by atoms with van der Waals surface area (Å²) in [6.45, 7) is 3.56. The van der Waals surface area contributed by atoms with Crippen LogP contribution in [0.15, 0.2) is 71.1 Å². The molecule has 142 valence electrons. The number of hydrogen-bond donors (Lipinski definition) is 2. The number of amides is 2. The number of anilines is 1. The fourth-order valence-electron chi connectivity index (χ4n) is 2.31. The van der Waals surface area contributed by atoms with E-state index in [1.165, 1.54) is 11.3 Å². The smallest absolute Gasteiger partial charge is 0.274 e. The van der Waals surface area contributed by atoms with Crippen molar-refractivity contribution in [1.29, 1.82) is 0 Å². The Balaban J connectivity index is 1.72. The number of nitrogens with zero attached hydrogens (tertiary/aromatic N) is 1. The maximum Gasteiger partial charge on any atom is 0.274 e. The maximum atomic E-state index is 12.6. The van der Waals surface area contributed by atoms with Crippen LogP contribution in [0.5, 0.6) is 11.5 Å². The van der Waals surface area contributed by atoms with Gasteiger partial charge in [0.25, 0.3) is 11.8 Å². The first-order valence-corrected chi connectivity index (χ1v) is 9.44. The zero-order valence-corrected chi connectivity index (χ0v) is 16.2. The fraction of sp³-hybridized carbons (Fsp3) is 0.0952. The predicted molar refractivity (Wildman–Crippen MR) is 111 cm³/mol. The van der Waals surface area contributed by atoms with E-state index >= 15 is 0 Å². The molecule has 0 saturated carbocycles. The van der Waals surface area contributed by atoms with Gasteiger partial charge in [-0.2, -0.15) is 5.10 Å². The fourth-order valence-corrected chi connectivity index (χ4v) is 3.09. The summed E-state index contributed by atoms with van der Waals surface area (Å²) in [5.74, 6) is 0.531. The second-order valence-electron chi connectivity index (χ2n) is 6.06. The third kappa shape index (κ3) is 5.05. The van der Waals surface area contributed by atoms with Crippen molar-refractivity contribution in [1.82, 2.24) is 5.43 Å². The lowest BCUT2D eigenvalue weighted by Crippen LogP contribution is -2.20. The molecular weight excluding hydrogens is 374 g/mol. The number of carbonyl (C=O) groups excluding carboxylic acids is 2. The van der Waals surface area contributed by atoms with Gasteiger partial charge in [0.2, 0.25) is 0 Å². The Morgan fingerprint density at radius 3 is 2.43 bits per heavy atom. The number of para-hydroxylation sites is 1. The van der Waals surface area contributed by atoms with Gasteiger partial charge in [0.05, 0.1) is 5.56 Å². The molecule has 0 spiro atoms. The lowest BCUT2D eigenvalue weighted by Gasteiger charge is -2.09. The third-order valence-corrected chi connectivity index (χ3v) is 4.42. The molecule has 28 heavy (non-hydrogen) atoms. The van der Waals surface area contributed by atoms with Gasteiger partial charge in [-0.1, -0.05) is 24.3 Å². The Morgan fingerprint density at radius 2 is 1.68 bits per heavy atom. The second kappa shape index (κ2) is 8.96. The van der Waals surface area contributed by atoms with Crippen molar-refractivity contribution in [2.75, 3.05) is 5.32 Å². The van der Waals surface area contributed by atoms with Crippen LogP contribution in [0.3, 0.4) is 0 Å². The van der Waals surface area contributed by atoms with Crippen LogP contribution >= 0.6 is 11.3 Å². The Kier molecular flexibility index (Phi) is 6.18. The van der Waals surface area contributed by atoms with Crippen LogP contribution in [-0.4, -0.2) is 17.5 Å². The quantitative estimate of drug-likeness (QED) is 0.461.